The predicted octanol–water partition coefficient (Wildman–Crippen LogP) is 4.04. The molecule has 1 aliphatic heterocycles. The van der Waals surface area contributed by atoms with Crippen LogP contribution in [0, 0.1) is 0 Å². The van der Waals surface area contributed by atoms with E-state index in [1.807, 2.05) is 36.9 Å². The maximum absolute atomic E-state index is 6.38. The fourth-order valence-electron chi connectivity index (χ4n) is 2.76. The van der Waals surface area contributed by atoms with Crippen molar-refractivity contribution < 1.29 is 0 Å². The summed E-state index contributed by atoms with van der Waals surface area (Å²) in [6.07, 6.45) is 0. The van der Waals surface area contributed by atoms with Gasteiger partial charge in [-0.1, -0.05) is 17.7 Å². The van der Waals surface area contributed by atoms with E-state index in [4.69, 9.17) is 23.2 Å². The molecule has 0 spiro atoms. The number of alkyl halides is 1. The van der Waals surface area contributed by atoms with Crippen LogP contribution < -0.4 is 0 Å². The maximum Gasteiger partial charge on any atom is 0.127 e. The fraction of sp³-hybridized carbons (Fsp3) is 0.533. The summed E-state index contributed by atoms with van der Waals surface area (Å²) in [5.74, 6) is 3.36. The highest BCUT2D eigenvalue weighted by molar-refractivity contribution is 7.99. The van der Waals surface area contributed by atoms with Crippen LogP contribution in [-0.4, -0.2) is 45.6 Å². The molecule has 1 fully saturated rings. The molecule has 0 amide bonds. The fourth-order valence-corrected chi connectivity index (χ4v) is 4.17. The van der Waals surface area contributed by atoms with E-state index >= 15 is 0 Å². The summed E-state index contributed by atoms with van der Waals surface area (Å²) in [7, 11) is 0. The largest absolute Gasteiger partial charge is 0.324 e. The molecule has 1 unspecified atom stereocenters. The van der Waals surface area contributed by atoms with Gasteiger partial charge in [-0.05, 0) is 19.1 Å². The van der Waals surface area contributed by atoms with Crippen LogP contribution in [-0.2, 0) is 6.54 Å². The predicted molar refractivity (Wildman–Crippen MR) is 92.8 cm³/mol. The molecule has 0 aliphatic carbocycles. The molecule has 21 heavy (non-hydrogen) atoms. The number of hydrogen-bond donors (Lipinski definition) is 0. The van der Waals surface area contributed by atoms with Crippen molar-refractivity contribution in [3.8, 4) is 0 Å². The highest BCUT2D eigenvalue weighted by Gasteiger charge is 2.18. The molecule has 1 atom stereocenters. The monoisotopic (exact) mass is 343 g/mol. The first kappa shape index (κ1) is 15.5. The van der Waals surface area contributed by atoms with E-state index in [0.29, 0.717) is 0 Å². The van der Waals surface area contributed by atoms with Crippen molar-refractivity contribution in [1.82, 2.24) is 14.5 Å². The van der Waals surface area contributed by atoms with Crippen molar-refractivity contribution in [2.24, 2.45) is 0 Å². The van der Waals surface area contributed by atoms with Gasteiger partial charge in [0.25, 0.3) is 0 Å². The van der Waals surface area contributed by atoms with Crippen molar-refractivity contribution in [3.05, 3.63) is 29.0 Å². The molecule has 2 aromatic rings. The van der Waals surface area contributed by atoms with Crippen molar-refractivity contribution >= 4 is 46.0 Å². The summed E-state index contributed by atoms with van der Waals surface area (Å²) >= 11 is 14.7. The van der Waals surface area contributed by atoms with Crippen LogP contribution in [0.4, 0.5) is 0 Å². The minimum Gasteiger partial charge on any atom is -0.324 e. The first-order chi connectivity index (χ1) is 10.2. The number of halogens is 2. The lowest BCUT2D eigenvalue weighted by Gasteiger charge is -2.26. The second-order valence-corrected chi connectivity index (χ2v) is 7.59. The van der Waals surface area contributed by atoms with Crippen LogP contribution in [0.2, 0.25) is 5.02 Å². The highest BCUT2D eigenvalue weighted by atomic mass is 35.5. The Morgan fingerprint density at radius 1 is 1.29 bits per heavy atom. The lowest BCUT2D eigenvalue weighted by atomic mass is 10.3. The smallest absolute Gasteiger partial charge is 0.127 e. The van der Waals surface area contributed by atoms with E-state index < -0.39 is 0 Å². The van der Waals surface area contributed by atoms with Crippen LogP contribution >= 0.6 is 35.0 Å². The molecule has 3 nitrogen and oxygen atoms in total. The molecule has 1 aromatic carbocycles. The molecule has 0 saturated carbocycles. The molecule has 3 rings (SSSR count). The standard InChI is InChI=1S/C15H19Cl2N3S/c1-11(16)15-18-13-4-2-3-12(17)14(13)20(15)6-5-19-7-9-21-10-8-19/h2-4,11H,5-10H2,1H3. The normalized spacial score (nSPS) is 18.2. The summed E-state index contributed by atoms with van der Waals surface area (Å²) in [6, 6.07) is 5.85. The molecule has 6 heteroatoms. The zero-order valence-corrected chi connectivity index (χ0v) is 14.4. The van der Waals surface area contributed by atoms with Gasteiger partial charge in [0.1, 0.15) is 5.82 Å². The number of fused-ring (bicyclic) bond motifs is 1. The Hall–Kier alpha value is -0.420. The number of benzene rings is 1. The molecule has 1 saturated heterocycles. The number of rotatable bonds is 4. The summed E-state index contributed by atoms with van der Waals surface area (Å²) in [5.41, 5.74) is 1.94. The molecular weight excluding hydrogens is 325 g/mol. The van der Waals surface area contributed by atoms with Gasteiger partial charge in [-0.15, -0.1) is 11.6 Å². The Morgan fingerprint density at radius 2 is 2.05 bits per heavy atom. The molecule has 0 bridgehead atoms. The SMILES string of the molecule is CC(Cl)c1nc2cccc(Cl)c2n1CCN1CCSCC1. The first-order valence-corrected chi connectivity index (χ1v) is 9.22. The minimum absolute atomic E-state index is 0.120. The Kier molecular flexibility index (Phi) is 4.99. The first-order valence-electron chi connectivity index (χ1n) is 7.25. The average molecular weight is 344 g/mol. The van der Waals surface area contributed by atoms with E-state index in [1.165, 1.54) is 11.5 Å². The van der Waals surface area contributed by atoms with Gasteiger partial charge in [-0.3, -0.25) is 4.90 Å². The number of imidazole rings is 1. The molecule has 2 heterocycles. The van der Waals surface area contributed by atoms with E-state index in [9.17, 15) is 0 Å². The maximum atomic E-state index is 6.38. The van der Waals surface area contributed by atoms with Gasteiger partial charge in [0, 0.05) is 37.7 Å². The third-order valence-electron chi connectivity index (χ3n) is 3.85. The Bertz CT molecular complexity index is 621. The van der Waals surface area contributed by atoms with Gasteiger partial charge in [0.15, 0.2) is 0 Å². The summed E-state index contributed by atoms with van der Waals surface area (Å²) in [6.45, 7) is 6.20. The second kappa shape index (κ2) is 6.78. The summed E-state index contributed by atoms with van der Waals surface area (Å²) < 4.78 is 2.19. The average Bonchev–Trinajstić information content (AvgIpc) is 2.86. The van der Waals surface area contributed by atoms with Crippen LogP contribution in [0.25, 0.3) is 11.0 Å². The number of nitrogens with zero attached hydrogens (tertiary/aromatic N) is 3. The lowest BCUT2D eigenvalue weighted by Crippen LogP contribution is -2.35. The Balaban J connectivity index is 1.89. The Morgan fingerprint density at radius 3 is 2.76 bits per heavy atom. The van der Waals surface area contributed by atoms with Gasteiger partial charge in [-0.25, -0.2) is 4.98 Å². The minimum atomic E-state index is -0.120. The van der Waals surface area contributed by atoms with Gasteiger partial charge in [0.05, 0.1) is 21.4 Å². The van der Waals surface area contributed by atoms with Gasteiger partial charge in [0.2, 0.25) is 0 Å². The van der Waals surface area contributed by atoms with Crippen molar-refractivity contribution in [2.45, 2.75) is 18.8 Å². The molecule has 1 aliphatic rings. The van der Waals surface area contributed by atoms with E-state index in [1.54, 1.807) is 0 Å². The van der Waals surface area contributed by atoms with Crippen LogP contribution in [0.15, 0.2) is 18.2 Å². The Labute approximate surface area is 139 Å². The van der Waals surface area contributed by atoms with E-state index in [-0.39, 0.29) is 5.38 Å². The van der Waals surface area contributed by atoms with Crippen LogP contribution in [0.5, 0.6) is 0 Å². The van der Waals surface area contributed by atoms with Gasteiger partial charge < -0.3 is 4.57 Å². The molecule has 0 radical (unpaired) electrons. The molecule has 1 aromatic heterocycles. The number of hydrogen-bond acceptors (Lipinski definition) is 3. The zero-order valence-electron chi connectivity index (χ0n) is 12.1. The number of thioether (sulfide) groups is 1. The third kappa shape index (κ3) is 3.34. The van der Waals surface area contributed by atoms with Crippen molar-refractivity contribution in [2.75, 3.05) is 31.1 Å². The molecule has 0 N–H and O–H groups in total. The highest BCUT2D eigenvalue weighted by Crippen LogP contribution is 2.29. The topological polar surface area (TPSA) is 21.1 Å². The van der Waals surface area contributed by atoms with E-state index in [0.717, 1.165) is 48.1 Å². The summed E-state index contributed by atoms with van der Waals surface area (Å²) in [4.78, 5) is 7.16. The number of para-hydroxylation sites is 1. The third-order valence-corrected chi connectivity index (χ3v) is 5.29. The van der Waals surface area contributed by atoms with Gasteiger partial charge >= 0.3 is 0 Å². The molecule has 114 valence electrons. The molecular formula is C15H19Cl2N3S. The van der Waals surface area contributed by atoms with Crippen molar-refractivity contribution in [3.63, 3.8) is 0 Å². The van der Waals surface area contributed by atoms with Crippen LogP contribution in [0.1, 0.15) is 18.1 Å². The van der Waals surface area contributed by atoms with E-state index in [2.05, 4.69) is 14.5 Å². The zero-order chi connectivity index (χ0) is 14.8. The van der Waals surface area contributed by atoms with Crippen LogP contribution in [0.3, 0.4) is 0 Å². The summed E-state index contributed by atoms with van der Waals surface area (Å²) in [5, 5.41) is 0.628. The second-order valence-electron chi connectivity index (χ2n) is 5.30. The lowest BCUT2D eigenvalue weighted by molar-refractivity contribution is 0.289. The quantitative estimate of drug-likeness (QED) is 0.781. The van der Waals surface area contributed by atoms with Gasteiger partial charge in [-0.2, -0.15) is 11.8 Å². The number of aromatic nitrogens is 2. The van der Waals surface area contributed by atoms with Crippen molar-refractivity contribution in [1.29, 1.82) is 0 Å².